The molecule has 1 unspecified atom stereocenters. The average Bonchev–Trinajstić information content (AvgIpc) is 2.71. The van der Waals surface area contributed by atoms with Crippen molar-refractivity contribution in [3.05, 3.63) is 65.2 Å². The van der Waals surface area contributed by atoms with Gasteiger partial charge in [-0.05, 0) is 56.0 Å². The van der Waals surface area contributed by atoms with Crippen LogP contribution >= 0.6 is 0 Å². The first-order valence-electron chi connectivity index (χ1n) is 9.73. The van der Waals surface area contributed by atoms with Gasteiger partial charge in [0.05, 0.1) is 0 Å². The molecule has 0 spiro atoms. The molecule has 2 aromatic carbocycles. The van der Waals surface area contributed by atoms with Crippen molar-refractivity contribution >= 4 is 11.8 Å². The number of aryl methyl sites for hydroxylation is 2. The van der Waals surface area contributed by atoms with E-state index in [2.05, 4.69) is 5.32 Å². The van der Waals surface area contributed by atoms with E-state index in [-0.39, 0.29) is 18.4 Å². The second kappa shape index (κ2) is 10.5. The summed E-state index contributed by atoms with van der Waals surface area (Å²) in [5, 5.41) is 2.87. The molecular formula is C23H30N2O3. The summed E-state index contributed by atoms with van der Waals surface area (Å²) in [6.45, 7) is 8.62. The lowest BCUT2D eigenvalue weighted by molar-refractivity contribution is -0.142. The van der Waals surface area contributed by atoms with Crippen LogP contribution in [-0.4, -0.2) is 35.9 Å². The third kappa shape index (κ3) is 6.12. The fraction of sp³-hybridized carbons (Fsp3) is 0.391. The Bertz CT molecular complexity index is 790. The summed E-state index contributed by atoms with van der Waals surface area (Å²) in [6.07, 6.45) is 0.848. The summed E-state index contributed by atoms with van der Waals surface area (Å²) in [7, 11) is 0. The summed E-state index contributed by atoms with van der Waals surface area (Å²) in [4.78, 5) is 26.9. The topological polar surface area (TPSA) is 58.6 Å². The van der Waals surface area contributed by atoms with E-state index in [0.29, 0.717) is 18.8 Å². The Morgan fingerprint density at radius 1 is 1.07 bits per heavy atom. The van der Waals surface area contributed by atoms with Crippen LogP contribution < -0.4 is 10.1 Å². The van der Waals surface area contributed by atoms with Crippen molar-refractivity contribution in [1.82, 2.24) is 10.2 Å². The van der Waals surface area contributed by atoms with E-state index in [1.807, 2.05) is 69.3 Å². The zero-order valence-electron chi connectivity index (χ0n) is 17.2. The maximum atomic E-state index is 12.9. The van der Waals surface area contributed by atoms with Crippen molar-refractivity contribution < 1.29 is 14.3 Å². The molecule has 2 aromatic rings. The van der Waals surface area contributed by atoms with Crippen molar-refractivity contribution in [2.45, 2.75) is 46.7 Å². The first kappa shape index (κ1) is 21.5. The number of benzene rings is 2. The van der Waals surface area contributed by atoms with E-state index in [1.54, 1.807) is 11.8 Å². The number of carbonyl (C=O) groups is 2. The lowest BCUT2D eigenvalue weighted by Gasteiger charge is -2.28. The smallest absolute Gasteiger partial charge is 0.261 e. The zero-order valence-corrected chi connectivity index (χ0v) is 17.2. The van der Waals surface area contributed by atoms with Crippen molar-refractivity contribution in [2.75, 3.05) is 13.2 Å². The first-order chi connectivity index (χ1) is 13.4. The molecule has 0 fully saturated rings. The van der Waals surface area contributed by atoms with E-state index >= 15 is 0 Å². The minimum Gasteiger partial charge on any atom is -0.484 e. The average molecular weight is 383 g/mol. The second-order valence-corrected chi connectivity index (χ2v) is 7.01. The highest BCUT2D eigenvalue weighted by Crippen LogP contribution is 2.17. The molecule has 0 aliphatic rings. The maximum absolute atomic E-state index is 12.9. The largest absolute Gasteiger partial charge is 0.484 e. The first-order valence-corrected chi connectivity index (χ1v) is 9.73. The van der Waals surface area contributed by atoms with Gasteiger partial charge < -0.3 is 15.0 Å². The van der Waals surface area contributed by atoms with Gasteiger partial charge in [0.2, 0.25) is 5.91 Å². The summed E-state index contributed by atoms with van der Waals surface area (Å²) >= 11 is 0. The highest BCUT2D eigenvalue weighted by molar-refractivity contribution is 5.87. The predicted molar refractivity (Wildman–Crippen MR) is 111 cm³/mol. The van der Waals surface area contributed by atoms with E-state index < -0.39 is 6.04 Å². The number of nitrogens with zero attached hydrogens (tertiary/aromatic N) is 1. The second-order valence-electron chi connectivity index (χ2n) is 7.01. The predicted octanol–water partition coefficient (Wildman–Crippen LogP) is 3.63. The normalized spacial score (nSPS) is 11.6. The molecule has 0 saturated carbocycles. The van der Waals surface area contributed by atoms with Crippen LogP contribution in [0, 0.1) is 13.8 Å². The van der Waals surface area contributed by atoms with Crippen LogP contribution in [0.15, 0.2) is 48.5 Å². The Balaban J connectivity index is 2.10. The molecule has 5 nitrogen and oxygen atoms in total. The molecule has 0 radical (unpaired) electrons. The van der Waals surface area contributed by atoms with Gasteiger partial charge >= 0.3 is 0 Å². The van der Waals surface area contributed by atoms with Crippen LogP contribution in [0.25, 0.3) is 0 Å². The summed E-state index contributed by atoms with van der Waals surface area (Å²) in [6, 6.07) is 14.8. The monoisotopic (exact) mass is 382 g/mol. The minimum absolute atomic E-state index is 0.110. The molecular weight excluding hydrogens is 352 g/mol. The number of hydrogen-bond acceptors (Lipinski definition) is 3. The van der Waals surface area contributed by atoms with E-state index in [4.69, 9.17) is 4.74 Å². The van der Waals surface area contributed by atoms with Gasteiger partial charge in [-0.15, -0.1) is 0 Å². The molecule has 0 saturated heterocycles. The van der Waals surface area contributed by atoms with Gasteiger partial charge in [0.25, 0.3) is 5.91 Å². The van der Waals surface area contributed by atoms with Gasteiger partial charge in [0.1, 0.15) is 11.8 Å². The van der Waals surface area contributed by atoms with Crippen molar-refractivity contribution in [2.24, 2.45) is 0 Å². The molecule has 1 N–H and O–H groups in total. The third-order valence-electron chi connectivity index (χ3n) is 4.75. The Morgan fingerprint density at radius 2 is 1.79 bits per heavy atom. The summed E-state index contributed by atoms with van der Waals surface area (Å²) in [5.41, 5.74) is 3.25. The highest BCUT2D eigenvalue weighted by atomic mass is 16.5. The van der Waals surface area contributed by atoms with Crippen molar-refractivity contribution in [3.8, 4) is 5.75 Å². The maximum Gasteiger partial charge on any atom is 0.261 e. The van der Waals surface area contributed by atoms with Crippen LogP contribution in [-0.2, 0) is 16.1 Å². The van der Waals surface area contributed by atoms with Crippen LogP contribution in [0.4, 0.5) is 0 Å². The van der Waals surface area contributed by atoms with E-state index in [1.165, 1.54) is 5.56 Å². The number of ether oxygens (including phenoxy) is 1. The number of rotatable bonds is 9. The van der Waals surface area contributed by atoms with Gasteiger partial charge in [-0.25, -0.2) is 0 Å². The number of amides is 2. The zero-order chi connectivity index (χ0) is 20.5. The van der Waals surface area contributed by atoms with E-state index in [0.717, 1.165) is 17.5 Å². The molecule has 0 heterocycles. The Hall–Kier alpha value is -2.82. The number of hydrogen-bond donors (Lipinski definition) is 1. The van der Waals surface area contributed by atoms with Gasteiger partial charge in [-0.2, -0.15) is 0 Å². The molecule has 0 bridgehead atoms. The molecule has 0 aliphatic carbocycles. The van der Waals surface area contributed by atoms with Gasteiger partial charge in [0.15, 0.2) is 6.61 Å². The Kier molecular flexibility index (Phi) is 8.05. The molecule has 0 aliphatic heterocycles. The molecule has 150 valence electrons. The van der Waals surface area contributed by atoms with Crippen molar-refractivity contribution in [1.29, 1.82) is 0 Å². The number of carbonyl (C=O) groups excluding carboxylic acids is 2. The number of nitrogens with one attached hydrogen (secondary N) is 1. The standard InChI is InChI=1S/C23H30N2O3/c1-5-13-24-23(27)19(4)25(15-20-9-7-6-8-10-20)22(26)16-28-21-12-11-17(2)18(3)14-21/h6-12,14,19H,5,13,15-16H2,1-4H3,(H,24,27). The Labute approximate surface area is 167 Å². The lowest BCUT2D eigenvalue weighted by atomic mass is 10.1. The van der Waals surface area contributed by atoms with E-state index in [9.17, 15) is 9.59 Å². The fourth-order valence-corrected chi connectivity index (χ4v) is 2.79. The SMILES string of the molecule is CCCNC(=O)C(C)N(Cc1ccccc1)C(=O)COc1ccc(C)c(C)c1. The Morgan fingerprint density at radius 3 is 2.43 bits per heavy atom. The molecule has 0 aromatic heterocycles. The van der Waals surface area contributed by atoms with Gasteiger partial charge in [0, 0.05) is 13.1 Å². The lowest BCUT2D eigenvalue weighted by Crippen LogP contribution is -2.49. The van der Waals surface area contributed by atoms with Crippen molar-refractivity contribution in [3.63, 3.8) is 0 Å². The van der Waals surface area contributed by atoms with Crippen LogP contribution in [0.5, 0.6) is 5.75 Å². The van der Waals surface area contributed by atoms with Gasteiger partial charge in [-0.3, -0.25) is 9.59 Å². The molecule has 1 atom stereocenters. The molecule has 5 heteroatoms. The highest BCUT2D eigenvalue weighted by Gasteiger charge is 2.26. The summed E-state index contributed by atoms with van der Waals surface area (Å²) in [5.74, 6) is 0.276. The quantitative estimate of drug-likeness (QED) is 0.721. The molecule has 2 amide bonds. The minimum atomic E-state index is -0.581. The molecule has 28 heavy (non-hydrogen) atoms. The fourth-order valence-electron chi connectivity index (χ4n) is 2.79. The van der Waals surface area contributed by atoms with Crippen LogP contribution in [0.1, 0.15) is 37.0 Å². The van der Waals surface area contributed by atoms with Gasteiger partial charge in [-0.1, -0.05) is 43.3 Å². The van der Waals surface area contributed by atoms with Crippen LogP contribution in [0.2, 0.25) is 0 Å². The van der Waals surface area contributed by atoms with Crippen LogP contribution in [0.3, 0.4) is 0 Å². The summed E-state index contributed by atoms with van der Waals surface area (Å²) < 4.78 is 5.71. The molecule has 2 rings (SSSR count). The third-order valence-corrected chi connectivity index (χ3v) is 4.75.